The van der Waals surface area contributed by atoms with E-state index in [2.05, 4.69) is 22.0 Å². The van der Waals surface area contributed by atoms with Crippen molar-refractivity contribution in [1.29, 1.82) is 0 Å². The number of likely N-dealkylation sites (N-methyl/N-ethyl adjacent to an activating group) is 1. The minimum Gasteiger partial charge on any atom is -0.466 e. The molecule has 1 aromatic rings. The van der Waals surface area contributed by atoms with Gasteiger partial charge in [-0.3, -0.25) is 9.69 Å². The van der Waals surface area contributed by atoms with Gasteiger partial charge in [-0.2, -0.15) is 0 Å². The van der Waals surface area contributed by atoms with Gasteiger partial charge < -0.3 is 9.84 Å². The number of hydrogen-bond donors (Lipinski definition) is 1. The summed E-state index contributed by atoms with van der Waals surface area (Å²) in [5, 5.41) is 11.8. The monoisotopic (exact) mass is 335 g/mol. The Bertz CT molecular complexity index is 383. The summed E-state index contributed by atoms with van der Waals surface area (Å²) in [5.41, 5.74) is 0. The maximum absolute atomic E-state index is 11.2. The molecule has 0 fully saturated rings. The molecule has 0 aliphatic carbocycles. The Balaban J connectivity index is 2.30. The van der Waals surface area contributed by atoms with Crippen LogP contribution in [0.5, 0.6) is 0 Å². The van der Waals surface area contributed by atoms with E-state index < -0.39 is 6.10 Å². The molecule has 0 radical (unpaired) electrons. The SMILES string of the molecule is CCOC(=O)CC(O)CN(C)Cc1cc(Br)cs1. The molecule has 0 aromatic carbocycles. The number of halogens is 1. The van der Waals surface area contributed by atoms with Gasteiger partial charge in [0.05, 0.1) is 19.1 Å². The van der Waals surface area contributed by atoms with Crippen LogP contribution in [-0.4, -0.2) is 42.3 Å². The summed E-state index contributed by atoms with van der Waals surface area (Å²) in [6.45, 7) is 3.32. The molecule has 102 valence electrons. The van der Waals surface area contributed by atoms with Crippen molar-refractivity contribution in [1.82, 2.24) is 4.90 Å². The Kier molecular flexibility index (Phi) is 6.85. The van der Waals surface area contributed by atoms with Crippen LogP contribution in [0.3, 0.4) is 0 Å². The van der Waals surface area contributed by atoms with Crippen molar-refractivity contribution in [2.24, 2.45) is 0 Å². The fourth-order valence-corrected chi connectivity index (χ4v) is 3.13. The Morgan fingerprint density at radius 3 is 2.94 bits per heavy atom. The molecule has 0 spiro atoms. The number of ether oxygens (including phenoxy) is 1. The zero-order chi connectivity index (χ0) is 13.5. The number of hydrogen-bond acceptors (Lipinski definition) is 5. The minimum atomic E-state index is -0.683. The van der Waals surface area contributed by atoms with Crippen LogP contribution in [0.4, 0.5) is 0 Å². The van der Waals surface area contributed by atoms with E-state index in [9.17, 15) is 9.90 Å². The van der Waals surface area contributed by atoms with Gasteiger partial charge in [-0.1, -0.05) is 0 Å². The average molecular weight is 336 g/mol. The lowest BCUT2D eigenvalue weighted by Crippen LogP contribution is -2.30. The van der Waals surface area contributed by atoms with E-state index in [1.54, 1.807) is 18.3 Å². The van der Waals surface area contributed by atoms with Crippen molar-refractivity contribution in [2.75, 3.05) is 20.2 Å². The van der Waals surface area contributed by atoms with Crippen molar-refractivity contribution in [2.45, 2.75) is 26.0 Å². The molecule has 4 nitrogen and oxygen atoms in total. The van der Waals surface area contributed by atoms with Crippen molar-refractivity contribution in [3.8, 4) is 0 Å². The highest BCUT2D eigenvalue weighted by atomic mass is 79.9. The van der Waals surface area contributed by atoms with Crippen LogP contribution in [0.1, 0.15) is 18.2 Å². The summed E-state index contributed by atoms with van der Waals surface area (Å²) >= 11 is 5.07. The second kappa shape index (κ2) is 7.89. The van der Waals surface area contributed by atoms with Gasteiger partial charge in [0.15, 0.2) is 0 Å². The van der Waals surface area contributed by atoms with Crippen LogP contribution in [0.15, 0.2) is 15.9 Å². The molecule has 1 rings (SSSR count). The Morgan fingerprint density at radius 1 is 1.67 bits per heavy atom. The van der Waals surface area contributed by atoms with E-state index in [-0.39, 0.29) is 12.4 Å². The van der Waals surface area contributed by atoms with E-state index in [4.69, 9.17) is 4.74 Å². The van der Waals surface area contributed by atoms with E-state index in [1.807, 2.05) is 17.3 Å². The van der Waals surface area contributed by atoms with E-state index in [0.29, 0.717) is 13.2 Å². The van der Waals surface area contributed by atoms with Gasteiger partial charge in [-0.05, 0) is 36.0 Å². The third kappa shape index (κ3) is 5.95. The second-order valence-corrected chi connectivity index (χ2v) is 6.00. The van der Waals surface area contributed by atoms with Crippen molar-refractivity contribution >= 4 is 33.2 Å². The molecule has 1 aromatic heterocycles. The summed E-state index contributed by atoms with van der Waals surface area (Å²) in [6, 6.07) is 2.05. The third-order valence-corrected chi connectivity index (χ3v) is 3.96. The van der Waals surface area contributed by atoms with Gasteiger partial charge in [0.1, 0.15) is 0 Å². The summed E-state index contributed by atoms with van der Waals surface area (Å²) < 4.78 is 5.87. The Morgan fingerprint density at radius 2 is 2.39 bits per heavy atom. The molecule has 1 atom stereocenters. The molecule has 0 bridgehead atoms. The van der Waals surface area contributed by atoms with Crippen molar-refractivity contribution in [3.63, 3.8) is 0 Å². The Labute approximate surface area is 120 Å². The number of carbonyl (C=O) groups excluding carboxylic acids is 1. The van der Waals surface area contributed by atoms with Gasteiger partial charge in [0, 0.05) is 27.8 Å². The normalized spacial score (nSPS) is 12.7. The summed E-state index contributed by atoms with van der Waals surface area (Å²) in [7, 11) is 1.92. The predicted molar refractivity (Wildman–Crippen MR) is 75.6 cm³/mol. The molecule has 0 amide bonds. The number of nitrogens with zero attached hydrogens (tertiary/aromatic N) is 1. The second-order valence-electron chi connectivity index (χ2n) is 4.09. The molecule has 18 heavy (non-hydrogen) atoms. The van der Waals surface area contributed by atoms with E-state index >= 15 is 0 Å². The number of aliphatic hydroxyl groups excluding tert-OH is 1. The van der Waals surface area contributed by atoms with E-state index in [0.717, 1.165) is 11.0 Å². The highest BCUT2D eigenvalue weighted by molar-refractivity contribution is 9.10. The first-order chi connectivity index (χ1) is 8.51. The number of carbonyl (C=O) groups is 1. The lowest BCUT2D eigenvalue weighted by molar-refractivity contribution is -0.145. The Hall–Kier alpha value is -0.430. The topological polar surface area (TPSA) is 49.8 Å². The number of aliphatic hydroxyl groups is 1. The molecule has 0 saturated carbocycles. The van der Waals surface area contributed by atoms with Crippen molar-refractivity contribution < 1.29 is 14.6 Å². The standard InChI is InChI=1S/C12H18BrNO3S/c1-3-17-12(16)5-10(15)6-14(2)7-11-4-9(13)8-18-11/h4,8,10,15H,3,5-7H2,1-2H3. The maximum atomic E-state index is 11.2. The fraction of sp³-hybridized carbons (Fsp3) is 0.583. The largest absolute Gasteiger partial charge is 0.466 e. The van der Waals surface area contributed by atoms with Gasteiger partial charge in [-0.25, -0.2) is 0 Å². The molecule has 1 heterocycles. The van der Waals surface area contributed by atoms with Gasteiger partial charge in [-0.15, -0.1) is 11.3 Å². The molecule has 0 aliphatic heterocycles. The highest BCUT2D eigenvalue weighted by Gasteiger charge is 2.14. The van der Waals surface area contributed by atoms with Gasteiger partial charge >= 0.3 is 5.97 Å². The van der Waals surface area contributed by atoms with Gasteiger partial charge in [0.2, 0.25) is 0 Å². The molecular formula is C12H18BrNO3S. The number of rotatable bonds is 7. The lowest BCUT2D eigenvalue weighted by atomic mass is 10.2. The van der Waals surface area contributed by atoms with Crippen LogP contribution in [0, 0.1) is 0 Å². The zero-order valence-corrected chi connectivity index (χ0v) is 13.0. The van der Waals surface area contributed by atoms with Crippen molar-refractivity contribution in [3.05, 3.63) is 20.8 Å². The van der Waals surface area contributed by atoms with Crippen LogP contribution >= 0.6 is 27.3 Å². The third-order valence-electron chi connectivity index (χ3n) is 2.28. The first kappa shape index (κ1) is 15.6. The first-order valence-corrected chi connectivity index (χ1v) is 7.43. The summed E-state index contributed by atoms with van der Waals surface area (Å²) in [4.78, 5) is 14.4. The fourth-order valence-electron chi connectivity index (χ4n) is 1.60. The van der Waals surface area contributed by atoms with Crippen LogP contribution in [0.25, 0.3) is 0 Å². The minimum absolute atomic E-state index is 0.0479. The molecule has 0 saturated heterocycles. The zero-order valence-electron chi connectivity index (χ0n) is 10.6. The number of esters is 1. The predicted octanol–water partition coefficient (Wildman–Crippen LogP) is 2.26. The quantitative estimate of drug-likeness (QED) is 0.776. The molecule has 0 aliphatic rings. The first-order valence-electron chi connectivity index (χ1n) is 5.76. The molecular weight excluding hydrogens is 318 g/mol. The van der Waals surface area contributed by atoms with Crippen LogP contribution < -0.4 is 0 Å². The summed E-state index contributed by atoms with van der Waals surface area (Å²) in [6.07, 6.45) is -0.635. The highest BCUT2D eigenvalue weighted by Crippen LogP contribution is 2.20. The van der Waals surface area contributed by atoms with Crippen LogP contribution in [0.2, 0.25) is 0 Å². The summed E-state index contributed by atoms with van der Waals surface area (Å²) in [5.74, 6) is -0.350. The average Bonchev–Trinajstić information content (AvgIpc) is 2.63. The lowest BCUT2D eigenvalue weighted by Gasteiger charge is -2.19. The van der Waals surface area contributed by atoms with Gasteiger partial charge in [0.25, 0.3) is 0 Å². The number of thiophene rings is 1. The van der Waals surface area contributed by atoms with E-state index in [1.165, 1.54) is 4.88 Å². The van der Waals surface area contributed by atoms with Crippen LogP contribution in [-0.2, 0) is 16.1 Å². The maximum Gasteiger partial charge on any atom is 0.308 e. The molecule has 6 heteroatoms. The smallest absolute Gasteiger partial charge is 0.308 e. The molecule has 1 N–H and O–H groups in total. The molecule has 1 unspecified atom stereocenters.